The molecule has 0 spiro atoms. The summed E-state index contributed by atoms with van der Waals surface area (Å²) in [7, 11) is 0. The van der Waals surface area contributed by atoms with Gasteiger partial charge >= 0.3 is 0 Å². The third kappa shape index (κ3) is 4.38. The number of rotatable bonds is 7. The van der Waals surface area contributed by atoms with Crippen LogP contribution >= 0.6 is 0 Å². The molecule has 0 atom stereocenters. The summed E-state index contributed by atoms with van der Waals surface area (Å²) in [5, 5.41) is 13.2. The number of benzene rings is 1. The Morgan fingerprint density at radius 2 is 2.32 bits per heavy atom. The Balaban J connectivity index is 2.68. The molecule has 1 rings (SSSR count). The second-order valence-electron chi connectivity index (χ2n) is 3.57. The Bertz CT molecular complexity index is 491. The fourth-order valence-electron chi connectivity index (χ4n) is 1.39. The zero-order valence-electron chi connectivity index (χ0n) is 10.1. The van der Waals surface area contributed by atoms with Gasteiger partial charge in [0, 0.05) is 12.6 Å². The highest BCUT2D eigenvalue weighted by molar-refractivity contribution is 5.98. The van der Waals surface area contributed by atoms with Crippen LogP contribution in [0.2, 0.25) is 0 Å². The quantitative estimate of drug-likeness (QED) is 0.355. The van der Waals surface area contributed by atoms with Crippen molar-refractivity contribution in [3.05, 3.63) is 52.5 Å². The number of hydrogen-bond donors (Lipinski definition) is 1. The number of nitro groups is 1. The molecule has 0 bridgehead atoms. The molecule has 1 N–H and O–H groups in total. The van der Waals surface area contributed by atoms with E-state index in [4.69, 9.17) is 4.74 Å². The van der Waals surface area contributed by atoms with Gasteiger partial charge in [-0.15, -0.1) is 0 Å². The minimum Gasteiger partial charge on any atom is -0.502 e. The van der Waals surface area contributed by atoms with Crippen LogP contribution in [0.15, 0.2) is 31.0 Å². The second kappa shape index (κ2) is 7.10. The summed E-state index contributed by atoms with van der Waals surface area (Å²) in [6.07, 6.45) is 1.79. The largest absolute Gasteiger partial charge is 0.502 e. The summed E-state index contributed by atoms with van der Waals surface area (Å²) < 4.78 is 17.9. The van der Waals surface area contributed by atoms with Crippen molar-refractivity contribution in [2.75, 3.05) is 13.2 Å². The van der Waals surface area contributed by atoms with Gasteiger partial charge in [-0.2, -0.15) is 0 Å². The van der Waals surface area contributed by atoms with E-state index in [9.17, 15) is 19.3 Å². The lowest BCUT2D eigenvalue weighted by molar-refractivity contribution is -0.385. The Morgan fingerprint density at radius 3 is 2.95 bits per heavy atom. The van der Waals surface area contributed by atoms with Crippen molar-refractivity contribution in [1.29, 1.82) is 0 Å². The molecular weight excluding hydrogens is 255 g/mol. The topological polar surface area (TPSA) is 81.5 Å². The van der Waals surface area contributed by atoms with Gasteiger partial charge in [-0.1, -0.05) is 6.58 Å². The van der Waals surface area contributed by atoms with E-state index in [1.165, 1.54) is 6.26 Å². The van der Waals surface area contributed by atoms with Crippen LogP contribution < -0.4 is 5.32 Å². The number of amides is 1. The molecule has 1 aromatic carbocycles. The summed E-state index contributed by atoms with van der Waals surface area (Å²) >= 11 is 0. The predicted molar refractivity (Wildman–Crippen MR) is 66.2 cm³/mol. The van der Waals surface area contributed by atoms with Crippen LogP contribution in [0.4, 0.5) is 10.1 Å². The Morgan fingerprint density at radius 1 is 1.58 bits per heavy atom. The fraction of sp³-hybridized carbons (Fsp3) is 0.250. The maximum absolute atomic E-state index is 13.0. The van der Waals surface area contributed by atoms with E-state index >= 15 is 0 Å². The Labute approximate surface area is 109 Å². The van der Waals surface area contributed by atoms with E-state index in [0.717, 1.165) is 18.2 Å². The highest BCUT2D eigenvalue weighted by atomic mass is 19.1. The SMILES string of the molecule is C=COCCCNC(=O)c1cc(F)ccc1[N+](=O)[O-]. The number of carbonyl (C=O) groups is 1. The minimum absolute atomic E-state index is 0.264. The molecule has 7 heteroatoms. The lowest BCUT2D eigenvalue weighted by Gasteiger charge is -2.06. The van der Waals surface area contributed by atoms with E-state index in [1.54, 1.807) is 0 Å². The molecule has 0 heterocycles. The van der Waals surface area contributed by atoms with Crippen molar-refractivity contribution in [2.45, 2.75) is 6.42 Å². The summed E-state index contributed by atoms with van der Waals surface area (Å²) in [5.41, 5.74) is -0.726. The first kappa shape index (κ1) is 14.6. The van der Waals surface area contributed by atoms with E-state index in [2.05, 4.69) is 11.9 Å². The summed E-state index contributed by atoms with van der Waals surface area (Å²) in [6, 6.07) is 2.74. The van der Waals surface area contributed by atoms with Gasteiger partial charge in [0.15, 0.2) is 0 Å². The van der Waals surface area contributed by atoms with Gasteiger partial charge in [0.05, 0.1) is 17.8 Å². The average molecular weight is 268 g/mol. The third-order valence-corrected chi connectivity index (χ3v) is 2.24. The van der Waals surface area contributed by atoms with Crippen LogP contribution in [0.1, 0.15) is 16.8 Å². The molecule has 19 heavy (non-hydrogen) atoms. The standard InChI is InChI=1S/C12H13FN2O4/c1-2-19-7-3-6-14-12(16)10-8-9(13)4-5-11(10)15(17)18/h2,4-5,8H,1,3,6-7H2,(H,14,16). The van der Waals surface area contributed by atoms with Gasteiger partial charge in [-0.25, -0.2) is 4.39 Å². The van der Waals surface area contributed by atoms with Gasteiger partial charge in [0.2, 0.25) is 0 Å². The minimum atomic E-state index is -0.727. The zero-order chi connectivity index (χ0) is 14.3. The number of nitrogens with zero attached hydrogens (tertiary/aromatic N) is 1. The lowest BCUT2D eigenvalue weighted by atomic mass is 10.1. The Hall–Kier alpha value is -2.44. The monoisotopic (exact) mass is 268 g/mol. The number of carbonyl (C=O) groups excluding carboxylic acids is 1. The molecule has 0 unspecified atom stereocenters. The number of nitro benzene ring substituents is 1. The normalized spacial score (nSPS) is 9.74. The van der Waals surface area contributed by atoms with Gasteiger partial charge in [0.1, 0.15) is 11.4 Å². The summed E-state index contributed by atoms with van der Waals surface area (Å²) in [5.74, 6) is -1.39. The van der Waals surface area contributed by atoms with Crippen LogP contribution in [0, 0.1) is 15.9 Å². The molecule has 0 saturated heterocycles. The molecular formula is C12H13FN2O4. The first-order chi connectivity index (χ1) is 9.06. The molecule has 0 fully saturated rings. The molecule has 6 nitrogen and oxygen atoms in total. The van der Waals surface area contributed by atoms with E-state index in [1.807, 2.05) is 0 Å². The van der Waals surface area contributed by atoms with Crippen LogP contribution in [-0.4, -0.2) is 24.0 Å². The molecule has 0 aromatic heterocycles. The van der Waals surface area contributed by atoms with Crippen molar-refractivity contribution < 1.29 is 18.8 Å². The van der Waals surface area contributed by atoms with Crippen molar-refractivity contribution in [3.8, 4) is 0 Å². The number of hydrogen-bond acceptors (Lipinski definition) is 4. The van der Waals surface area contributed by atoms with E-state index < -0.39 is 22.3 Å². The molecule has 1 aromatic rings. The van der Waals surface area contributed by atoms with E-state index in [0.29, 0.717) is 13.0 Å². The molecule has 0 aliphatic rings. The molecule has 0 radical (unpaired) electrons. The molecule has 102 valence electrons. The first-order valence-corrected chi connectivity index (χ1v) is 5.51. The molecule has 1 amide bonds. The van der Waals surface area contributed by atoms with Crippen molar-refractivity contribution in [2.24, 2.45) is 0 Å². The maximum Gasteiger partial charge on any atom is 0.282 e. The fourth-order valence-corrected chi connectivity index (χ4v) is 1.39. The van der Waals surface area contributed by atoms with Crippen molar-refractivity contribution in [3.63, 3.8) is 0 Å². The predicted octanol–water partition coefficient (Wildman–Crippen LogP) is 2.01. The van der Waals surface area contributed by atoms with Gasteiger partial charge in [-0.05, 0) is 18.6 Å². The highest BCUT2D eigenvalue weighted by Crippen LogP contribution is 2.19. The smallest absolute Gasteiger partial charge is 0.282 e. The molecule has 0 saturated carbocycles. The van der Waals surface area contributed by atoms with Crippen molar-refractivity contribution >= 4 is 11.6 Å². The van der Waals surface area contributed by atoms with Crippen LogP contribution in [0.3, 0.4) is 0 Å². The Kier molecular flexibility index (Phi) is 5.46. The van der Waals surface area contributed by atoms with Gasteiger partial charge in [-0.3, -0.25) is 14.9 Å². The number of ether oxygens (including phenoxy) is 1. The lowest BCUT2D eigenvalue weighted by Crippen LogP contribution is -2.26. The van der Waals surface area contributed by atoms with Crippen LogP contribution in [-0.2, 0) is 4.74 Å². The maximum atomic E-state index is 13.0. The van der Waals surface area contributed by atoms with Crippen molar-refractivity contribution in [1.82, 2.24) is 5.32 Å². The number of nitrogens with one attached hydrogen (secondary N) is 1. The van der Waals surface area contributed by atoms with Crippen LogP contribution in [0.5, 0.6) is 0 Å². The number of halogens is 1. The van der Waals surface area contributed by atoms with Crippen LogP contribution in [0.25, 0.3) is 0 Å². The van der Waals surface area contributed by atoms with Gasteiger partial charge in [0.25, 0.3) is 11.6 Å². The van der Waals surface area contributed by atoms with E-state index in [-0.39, 0.29) is 12.1 Å². The summed E-state index contributed by atoms with van der Waals surface area (Å²) in [4.78, 5) is 21.7. The molecule has 0 aliphatic heterocycles. The second-order valence-corrected chi connectivity index (χ2v) is 3.57. The first-order valence-electron chi connectivity index (χ1n) is 5.51. The average Bonchev–Trinajstić information content (AvgIpc) is 2.37. The third-order valence-electron chi connectivity index (χ3n) is 2.24. The summed E-state index contributed by atoms with van der Waals surface area (Å²) in [6.45, 7) is 3.99. The van der Waals surface area contributed by atoms with Gasteiger partial charge < -0.3 is 10.1 Å². The molecule has 0 aliphatic carbocycles. The highest BCUT2D eigenvalue weighted by Gasteiger charge is 2.20. The zero-order valence-corrected chi connectivity index (χ0v) is 10.1.